The summed E-state index contributed by atoms with van der Waals surface area (Å²) in [5, 5.41) is 21.4. The third kappa shape index (κ3) is 3.89. The van der Waals surface area contributed by atoms with E-state index in [0.29, 0.717) is 46.7 Å². The minimum absolute atomic E-state index is 0.0134. The molecule has 3 aromatic carbocycles. The van der Waals surface area contributed by atoms with E-state index in [-0.39, 0.29) is 17.4 Å². The number of Topliss-reactive ketones (excluding diaryl/α,β-unsaturated/α-hetero) is 1. The van der Waals surface area contributed by atoms with Crippen LogP contribution in [0, 0.1) is 5.41 Å². The molecular formula is C28H22BrClN2O2. The molecule has 1 atom stereocenters. The molecule has 170 valence electrons. The normalized spacial score (nSPS) is 19.8. The number of carbonyl (C=O) groups excluding carboxylic acids is 1. The van der Waals surface area contributed by atoms with Gasteiger partial charge in [-0.05, 0) is 42.7 Å². The molecule has 1 heterocycles. The van der Waals surface area contributed by atoms with Gasteiger partial charge in [-0.25, -0.2) is 0 Å². The Hall–Kier alpha value is -3.15. The van der Waals surface area contributed by atoms with Gasteiger partial charge in [0.05, 0.1) is 10.7 Å². The number of anilines is 1. The number of aliphatic hydroxyl groups excluding tert-OH is 1. The van der Waals surface area contributed by atoms with Crippen molar-refractivity contribution in [2.75, 3.05) is 4.90 Å². The van der Waals surface area contributed by atoms with Gasteiger partial charge in [-0.15, -0.1) is 0 Å². The Kier molecular flexibility index (Phi) is 6.15. The van der Waals surface area contributed by atoms with Crippen molar-refractivity contribution in [3.63, 3.8) is 0 Å². The zero-order chi connectivity index (χ0) is 23.8. The van der Waals surface area contributed by atoms with Crippen LogP contribution in [0.15, 0.2) is 100 Å². The predicted octanol–water partition coefficient (Wildman–Crippen LogP) is 7.66. The third-order valence-corrected chi connectivity index (χ3v) is 7.20. The van der Waals surface area contributed by atoms with Crippen LogP contribution in [-0.4, -0.2) is 16.7 Å². The van der Waals surface area contributed by atoms with Gasteiger partial charge in [0.15, 0.2) is 5.78 Å². The summed E-state index contributed by atoms with van der Waals surface area (Å²) in [5.74, 6) is -0.407. The summed E-state index contributed by atoms with van der Waals surface area (Å²) in [6.45, 7) is 0. The lowest BCUT2D eigenvalue weighted by molar-refractivity contribution is -0.116. The van der Waals surface area contributed by atoms with E-state index in [1.807, 2.05) is 60.7 Å². The van der Waals surface area contributed by atoms with Gasteiger partial charge in [-0.3, -0.25) is 15.1 Å². The van der Waals surface area contributed by atoms with Crippen molar-refractivity contribution in [2.45, 2.75) is 25.2 Å². The zero-order valence-electron chi connectivity index (χ0n) is 18.3. The highest BCUT2D eigenvalue weighted by atomic mass is 79.9. The average Bonchev–Trinajstić information content (AvgIpc) is 2.85. The fourth-order valence-corrected chi connectivity index (χ4v) is 5.32. The maximum Gasteiger partial charge on any atom is 0.161 e. The van der Waals surface area contributed by atoms with Crippen molar-refractivity contribution < 1.29 is 9.90 Å². The fourth-order valence-electron chi connectivity index (χ4n) is 4.83. The molecule has 0 saturated heterocycles. The van der Waals surface area contributed by atoms with Gasteiger partial charge in [-0.2, -0.15) is 0 Å². The Morgan fingerprint density at radius 2 is 1.65 bits per heavy atom. The lowest BCUT2D eigenvalue weighted by Crippen LogP contribution is -2.42. The van der Waals surface area contributed by atoms with Crippen molar-refractivity contribution in [2.24, 2.45) is 0 Å². The van der Waals surface area contributed by atoms with Crippen LogP contribution in [0.3, 0.4) is 0 Å². The van der Waals surface area contributed by atoms with E-state index in [1.165, 1.54) is 0 Å². The average molecular weight is 534 g/mol. The van der Waals surface area contributed by atoms with Crippen molar-refractivity contribution >= 4 is 50.6 Å². The number of nitrogens with zero attached hydrogens (tertiary/aromatic N) is 1. The van der Waals surface area contributed by atoms with Crippen molar-refractivity contribution in [3.05, 3.63) is 116 Å². The molecule has 5 rings (SSSR count). The Labute approximate surface area is 211 Å². The maximum atomic E-state index is 13.5. The molecule has 0 unspecified atom stereocenters. The molecule has 1 aliphatic carbocycles. The molecule has 3 aromatic rings. The highest BCUT2D eigenvalue weighted by molar-refractivity contribution is 9.10. The molecule has 0 aromatic heterocycles. The summed E-state index contributed by atoms with van der Waals surface area (Å²) >= 11 is 10.1. The lowest BCUT2D eigenvalue weighted by atomic mass is 9.73. The fraction of sp³-hybridized carbons (Fsp3) is 0.143. The van der Waals surface area contributed by atoms with Crippen molar-refractivity contribution in [1.82, 2.24) is 0 Å². The number of carbonyl (C=O) groups is 1. The quantitative estimate of drug-likeness (QED) is 0.340. The van der Waals surface area contributed by atoms with Gasteiger partial charge in [-0.1, -0.05) is 82.1 Å². The Balaban J connectivity index is 1.84. The third-order valence-electron chi connectivity index (χ3n) is 6.35. The van der Waals surface area contributed by atoms with Crippen LogP contribution in [0.5, 0.6) is 0 Å². The molecule has 2 N–H and O–H groups in total. The molecule has 0 saturated carbocycles. The van der Waals surface area contributed by atoms with Crippen LogP contribution >= 0.6 is 27.5 Å². The first-order valence-electron chi connectivity index (χ1n) is 11.1. The predicted molar refractivity (Wildman–Crippen MR) is 140 cm³/mol. The van der Waals surface area contributed by atoms with E-state index in [2.05, 4.69) is 15.9 Å². The van der Waals surface area contributed by atoms with Crippen LogP contribution in [0.1, 0.15) is 36.3 Å². The molecule has 0 amide bonds. The summed E-state index contributed by atoms with van der Waals surface area (Å²) < 4.78 is 0.918. The van der Waals surface area contributed by atoms with E-state index >= 15 is 0 Å². The van der Waals surface area contributed by atoms with Crippen molar-refractivity contribution in [3.8, 4) is 0 Å². The van der Waals surface area contributed by atoms with Crippen LogP contribution in [-0.2, 0) is 4.79 Å². The molecule has 0 fully saturated rings. The first-order chi connectivity index (χ1) is 16.5. The highest BCUT2D eigenvalue weighted by Gasteiger charge is 2.43. The second kappa shape index (κ2) is 9.24. The SMILES string of the molecule is N=C1C(=C(O)c2ccccc2)[C@@H](c2ccc(Br)cc2)C2=C(CCCC2=O)N1c1ccccc1Cl. The summed E-state index contributed by atoms with van der Waals surface area (Å²) in [7, 11) is 0. The van der Waals surface area contributed by atoms with E-state index in [1.54, 1.807) is 23.1 Å². The number of allylic oxidation sites excluding steroid dienone is 2. The molecule has 0 radical (unpaired) electrons. The molecule has 2 aliphatic rings. The first kappa shape index (κ1) is 22.6. The monoisotopic (exact) mass is 532 g/mol. The van der Waals surface area contributed by atoms with E-state index in [4.69, 9.17) is 11.6 Å². The second-order valence-corrected chi connectivity index (χ2v) is 9.71. The number of para-hydroxylation sites is 1. The standard InChI is InChI=1S/C28H22BrClN2O2/c29-19-15-13-17(14-16-19)24-25-22(11-6-12-23(25)33)32(21-10-5-4-9-20(21)30)28(31)26(24)27(34)18-7-2-1-3-8-18/h1-5,7-10,13-16,24,31,34H,6,11-12H2/t24-/m0/s1. The topological polar surface area (TPSA) is 64.4 Å². The number of nitrogens with one attached hydrogen (secondary N) is 1. The first-order valence-corrected chi connectivity index (χ1v) is 12.3. The second-order valence-electron chi connectivity index (χ2n) is 8.39. The van der Waals surface area contributed by atoms with Crippen LogP contribution < -0.4 is 4.90 Å². The number of aliphatic hydroxyl groups is 1. The van der Waals surface area contributed by atoms with Gasteiger partial charge in [0, 0.05) is 39.2 Å². The number of amidine groups is 1. The molecule has 0 spiro atoms. The minimum atomic E-state index is -0.553. The maximum absolute atomic E-state index is 13.5. The number of halogens is 2. The molecule has 4 nitrogen and oxygen atoms in total. The largest absolute Gasteiger partial charge is 0.507 e. The lowest BCUT2D eigenvalue weighted by Gasteiger charge is -2.42. The smallest absolute Gasteiger partial charge is 0.161 e. The van der Waals surface area contributed by atoms with E-state index < -0.39 is 5.92 Å². The Bertz CT molecular complexity index is 1350. The number of hydrogen-bond acceptors (Lipinski definition) is 3. The van der Waals surface area contributed by atoms with Crippen molar-refractivity contribution in [1.29, 1.82) is 5.41 Å². The number of benzene rings is 3. The molecule has 6 heteroatoms. The van der Waals surface area contributed by atoms with Gasteiger partial charge < -0.3 is 5.11 Å². The minimum Gasteiger partial charge on any atom is -0.507 e. The Morgan fingerprint density at radius 1 is 0.971 bits per heavy atom. The molecule has 1 aliphatic heterocycles. The van der Waals surface area contributed by atoms with Crippen LogP contribution in [0.25, 0.3) is 5.76 Å². The Morgan fingerprint density at radius 3 is 2.35 bits per heavy atom. The zero-order valence-corrected chi connectivity index (χ0v) is 20.6. The summed E-state index contributed by atoms with van der Waals surface area (Å²) in [6.07, 6.45) is 1.80. The number of rotatable bonds is 3. The van der Waals surface area contributed by atoms with E-state index in [9.17, 15) is 15.3 Å². The molecular weight excluding hydrogens is 512 g/mol. The van der Waals surface area contributed by atoms with Gasteiger partial charge in [0.2, 0.25) is 0 Å². The van der Waals surface area contributed by atoms with Gasteiger partial charge in [0.1, 0.15) is 11.6 Å². The summed E-state index contributed by atoms with van der Waals surface area (Å²) in [5.41, 5.74) is 3.88. The number of hydrogen-bond donors (Lipinski definition) is 2. The van der Waals surface area contributed by atoms with Crippen LogP contribution in [0.2, 0.25) is 5.02 Å². The van der Waals surface area contributed by atoms with Crippen LogP contribution in [0.4, 0.5) is 5.69 Å². The van der Waals surface area contributed by atoms with Gasteiger partial charge >= 0.3 is 0 Å². The highest BCUT2D eigenvalue weighted by Crippen LogP contribution is 2.48. The number of ketones is 1. The van der Waals surface area contributed by atoms with E-state index in [0.717, 1.165) is 15.7 Å². The molecule has 0 bridgehead atoms. The van der Waals surface area contributed by atoms with Gasteiger partial charge in [0.25, 0.3) is 0 Å². The summed E-state index contributed by atoms with van der Waals surface area (Å²) in [4.78, 5) is 15.2. The molecule has 34 heavy (non-hydrogen) atoms. The summed E-state index contributed by atoms with van der Waals surface area (Å²) in [6, 6.07) is 24.2.